The van der Waals surface area contributed by atoms with Crippen LogP contribution in [-0.2, 0) is 0 Å². The van der Waals surface area contributed by atoms with E-state index in [-0.39, 0.29) is 0 Å². The van der Waals surface area contributed by atoms with Gasteiger partial charge in [-0.3, -0.25) is 0 Å². The smallest absolute Gasteiger partial charge is 0.0114 e. The summed E-state index contributed by atoms with van der Waals surface area (Å²) < 4.78 is 0. The molecular weight excluding hydrogens is 168 g/mol. The minimum atomic E-state index is 0.823. The van der Waals surface area contributed by atoms with Crippen LogP contribution in [0, 0.1) is 0 Å². The first-order valence-electron chi connectivity index (χ1n) is 2.95. The summed E-state index contributed by atoms with van der Waals surface area (Å²) in [5, 5.41) is 0. The van der Waals surface area contributed by atoms with Crippen molar-refractivity contribution in [3.05, 3.63) is 0 Å². The van der Waals surface area contributed by atoms with Crippen LogP contribution in [0.2, 0.25) is 6.04 Å². The molecule has 0 aromatic rings. The zero-order valence-electron chi connectivity index (χ0n) is 5.08. The van der Waals surface area contributed by atoms with Crippen LogP contribution in [0.4, 0.5) is 0 Å². The molecule has 0 radical (unpaired) electrons. The lowest BCUT2D eigenvalue weighted by Crippen LogP contribution is -1.93. The van der Waals surface area contributed by atoms with Crippen molar-refractivity contribution in [2.45, 2.75) is 30.6 Å². The first-order chi connectivity index (χ1) is 3.31. The molecule has 1 atom stereocenters. The first kappa shape index (κ1) is 7.70. The van der Waals surface area contributed by atoms with E-state index in [0.717, 1.165) is 4.83 Å². The summed E-state index contributed by atoms with van der Waals surface area (Å²) in [5.41, 5.74) is 0. The molecule has 7 heavy (non-hydrogen) atoms. The quantitative estimate of drug-likeness (QED) is 0.455. The SMILES string of the molecule is CCCC(Br)C[SiH3]. The third kappa shape index (κ3) is 4.55. The van der Waals surface area contributed by atoms with E-state index in [9.17, 15) is 0 Å². The van der Waals surface area contributed by atoms with Crippen LogP contribution in [0.1, 0.15) is 19.8 Å². The molecule has 0 fully saturated rings. The normalized spacial score (nSPS) is 14.6. The fourth-order valence-corrected chi connectivity index (χ4v) is 1.38. The second kappa shape index (κ2) is 4.85. The Kier molecular flexibility index (Phi) is 5.33. The molecule has 0 nitrogen and oxygen atoms in total. The van der Waals surface area contributed by atoms with Crippen molar-refractivity contribution in [1.29, 1.82) is 0 Å². The second-order valence-corrected chi connectivity index (χ2v) is 3.91. The molecule has 0 aliphatic heterocycles. The lowest BCUT2D eigenvalue weighted by Gasteiger charge is -2.00. The molecule has 0 rings (SSSR count). The van der Waals surface area contributed by atoms with Gasteiger partial charge in [0.1, 0.15) is 0 Å². The minimum Gasteiger partial charge on any atom is -0.0894 e. The summed E-state index contributed by atoms with van der Waals surface area (Å²) in [5.74, 6) is 0. The zero-order chi connectivity index (χ0) is 5.70. The van der Waals surface area contributed by atoms with Gasteiger partial charge in [-0.05, 0) is 6.42 Å². The Bertz CT molecular complexity index is 39.1. The van der Waals surface area contributed by atoms with Crippen LogP contribution >= 0.6 is 15.9 Å². The Morgan fingerprint density at radius 1 is 1.71 bits per heavy atom. The molecule has 0 aliphatic rings. The molecule has 0 N–H and O–H groups in total. The molecule has 0 saturated heterocycles. The molecule has 0 bridgehead atoms. The van der Waals surface area contributed by atoms with Crippen molar-refractivity contribution in [1.82, 2.24) is 0 Å². The Labute approximate surface area is 57.2 Å². The average Bonchev–Trinajstić information content (AvgIpc) is 1.68. The van der Waals surface area contributed by atoms with Crippen LogP contribution in [0.3, 0.4) is 0 Å². The van der Waals surface area contributed by atoms with Gasteiger partial charge in [-0.25, -0.2) is 0 Å². The standard InChI is InChI=1S/C5H13BrSi/c1-2-3-5(6)4-7/h5H,2-4H2,1,7H3. The monoisotopic (exact) mass is 180 g/mol. The van der Waals surface area contributed by atoms with Crippen LogP contribution in [0.5, 0.6) is 0 Å². The molecular formula is C5H13BrSi. The summed E-state index contributed by atoms with van der Waals surface area (Å²) in [4.78, 5) is 0.823. The third-order valence-corrected chi connectivity index (χ3v) is 4.33. The van der Waals surface area contributed by atoms with Gasteiger partial charge in [0, 0.05) is 15.1 Å². The summed E-state index contributed by atoms with van der Waals surface area (Å²) in [7, 11) is 1.34. The lowest BCUT2D eigenvalue weighted by molar-refractivity contribution is 0.796. The maximum absolute atomic E-state index is 3.57. The van der Waals surface area contributed by atoms with E-state index in [4.69, 9.17) is 0 Å². The van der Waals surface area contributed by atoms with Gasteiger partial charge < -0.3 is 0 Å². The number of rotatable bonds is 3. The molecule has 0 aromatic heterocycles. The Balaban J connectivity index is 2.83. The van der Waals surface area contributed by atoms with Crippen molar-refractivity contribution in [2.75, 3.05) is 0 Å². The van der Waals surface area contributed by atoms with E-state index in [1.54, 1.807) is 0 Å². The number of hydrogen-bond acceptors (Lipinski definition) is 0. The molecule has 44 valence electrons. The molecule has 0 aliphatic carbocycles. The van der Waals surface area contributed by atoms with Crippen LogP contribution in [0.15, 0.2) is 0 Å². The summed E-state index contributed by atoms with van der Waals surface area (Å²) in [6.45, 7) is 2.23. The molecule has 0 amide bonds. The Morgan fingerprint density at radius 3 is 2.43 bits per heavy atom. The second-order valence-electron chi connectivity index (χ2n) is 1.79. The molecule has 0 spiro atoms. The van der Waals surface area contributed by atoms with Gasteiger partial charge in [0.05, 0.1) is 0 Å². The van der Waals surface area contributed by atoms with E-state index >= 15 is 0 Å². The molecule has 1 unspecified atom stereocenters. The fraction of sp³-hybridized carbons (Fsp3) is 1.00. The number of hydrogen-bond donors (Lipinski definition) is 0. The fourth-order valence-electron chi connectivity index (χ4n) is 0.517. The maximum Gasteiger partial charge on any atom is 0.0114 e. The van der Waals surface area contributed by atoms with Crippen molar-refractivity contribution >= 4 is 26.2 Å². The predicted molar refractivity (Wildman–Crippen MR) is 42.4 cm³/mol. The minimum absolute atomic E-state index is 0.823. The first-order valence-corrected chi connectivity index (χ1v) is 5.28. The highest BCUT2D eigenvalue weighted by Gasteiger charge is 1.94. The van der Waals surface area contributed by atoms with Gasteiger partial charge in [0.15, 0.2) is 0 Å². The molecule has 0 saturated carbocycles. The van der Waals surface area contributed by atoms with Gasteiger partial charge in [0.25, 0.3) is 0 Å². The van der Waals surface area contributed by atoms with E-state index in [1.165, 1.54) is 29.1 Å². The van der Waals surface area contributed by atoms with Crippen molar-refractivity contribution in [3.63, 3.8) is 0 Å². The van der Waals surface area contributed by atoms with Gasteiger partial charge >= 0.3 is 0 Å². The lowest BCUT2D eigenvalue weighted by atomic mass is 10.3. The summed E-state index contributed by atoms with van der Waals surface area (Å²) >= 11 is 3.57. The molecule has 0 heterocycles. The van der Waals surface area contributed by atoms with Gasteiger partial charge in [-0.1, -0.05) is 35.3 Å². The van der Waals surface area contributed by atoms with Gasteiger partial charge in [-0.15, -0.1) is 0 Å². The zero-order valence-corrected chi connectivity index (χ0v) is 8.66. The topological polar surface area (TPSA) is 0 Å². The highest BCUT2D eigenvalue weighted by atomic mass is 79.9. The number of alkyl halides is 1. The molecule has 2 heteroatoms. The summed E-state index contributed by atoms with van der Waals surface area (Å²) in [6, 6.07) is 1.40. The highest BCUT2D eigenvalue weighted by Crippen LogP contribution is 2.09. The van der Waals surface area contributed by atoms with E-state index in [0.29, 0.717) is 0 Å². The molecule has 0 aromatic carbocycles. The van der Waals surface area contributed by atoms with Gasteiger partial charge in [-0.2, -0.15) is 0 Å². The maximum atomic E-state index is 3.57. The van der Waals surface area contributed by atoms with Crippen LogP contribution < -0.4 is 0 Å². The van der Waals surface area contributed by atoms with Crippen molar-refractivity contribution < 1.29 is 0 Å². The number of halogens is 1. The van der Waals surface area contributed by atoms with E-state index < -0.39 is 0 Å². The van der Waals surface area contributed by atoms with Crippen LogP contribution in [-0.4, -0.2) is 15.1 Å². The largest absolute Gasteiger partial charge is 0.0894 e. The van der Waals surface area contributed by atoms with E-state index in [2.05, 4.69) is 22.9 Å². The summed E-state index contributed by atoms with van der Waals surface area (Å²) in [6.07, 6.45) is 2.67. The highest BCUT2D eigenvalue weighted by molar-refractivity contribution is 9.09. The van der Waals surface area contributed by atoms with Crippen molar-refractivity contribution in [3.8, 4) is 0 Å². The Hall–Kier alpha value is 0.697. The third-order valence-electron chi connectivity index (χ3n) is 1.04. The van der Waals surface area contributed by atoms with Crippen LogP contribution in [0.25, 0.3) is 0 Å². The average molecular weight is 181 g/mol. The van der Waals surface area contributed by atoms with E-state index in [1.807, 2.05) is 0 Å². The Morgan fingerprint density at radius 2 is 2.29 bits per heavy atom. The predicted octanol–water partition coefficient (Wildman–Crippen LogP) is 1.33. The van der Waals surface area contributed by atoms with Gasteiger partial charge in [0.2, 0.25) is 0 Å². The van der Waals surface area contributed by atoms with Crippen molar-refractivity contribution in [2.24, 2.45) is 0 Å².